The minimum atomic E-state index is -0.504. The molecule has 15 heavy (non-hydrogen) atoms. The first-order chi connectivity index (χ1) is 7.10. The molecule has 0 amide bonds. The van der Waals surface area contributed by atoms with Crippen LogP contribution in [0.15, 0.2) is 22.7 Å². The van der Waals surface area contributed by atoms with Crippen molar-refractivity contribution < 1.29 is 14.3 Å². The smallest absolute Gasteiger partial charge is 0.232 e. The molecule has 0 heterocycles. The van der Waals surface area contributed by atoms with Crippen molar-refractivity contribution in [1.82, 2.24) is 0 Å². The molecular weight excluding hydrogens is 260 g/mol. The summed E-state index contributed by atoms with van der Waals surface area (Å²) in [7, 11) is 1.47. The number of ether oxygens (including phenoxy) is 1. The second-order valence-corrected chi connectivity index (χ2v) is 3.87. The minimum absolute atomic E-state index is 0.203. The van der Waals surface area contributed by atoms with Crippen LogP contribution in [0.3, 0.4) is 0 Å². The van der Waals surface area contributed by atoms with Crippen LogP contribution in [-0.4, -0.2) is 18.7 Å². The number of Topliss-reactive ketones (excluding diaryl/α,β-unsaturated/α-hetero) is 2. The normalized spacial score (nSPS) is 9.80. The molecule has 0 atom stereocenters. The van der Waals surface area contributed by atoms with Gasteiger partial charge in [-0.3, -0.25) is 9.59 Å². The van der Waals surface area contributed by atoms with Gasteiger partial charge in [0.1, 0.15) is 5.75 Å². The Morgan fingerprint density at radius 1 is 1.40 bits per heavy atom. The van der Waals surface area contributed by atoms with E-state index in [0.717, 1.165) is 4.47 Å². The van der Waals surface area contributed by atoms with Crippen molar-refractivity contribution in [2.24, 2.45) is 0 Å². The van der Waals surface area contributed by atoms with Gasteiger partial charge < -0.3 is 4.74 Å². The van der Waals surface area contributed by atoms with Gasteiger partial charge in [0.15, 0.2) is 0 Å². The molecule has 0 bridgehead atoms. The fourth-order valence-electron chi connectivity index (χ4n) is 1.17. The maximum absolute atomic E-state index is 11.7. The lowest BCUT2D eigenvalue weighted by molar-refractivity contribution is -0.114. The highest BCUT2D eigenvalue weighted by Crippen LogP contribution is 2.23. The third kappa shape index (κ3) is 2.65. The van der Waals surface area contributed by atoms with Gasteiger partial charge in [0.2, 0.25) is 11.6 Å². The fraction of sp³-hybridized carbons (Fsp3) is 0.273. The highest BCUT2D eigenvalue weighted by molar-refractivity contribution is 9.10. The highest BCUT2D eigenvalue weighted by Gasteiger charge is 2.18. The van der Waals surface area contributed by atoms with Gasteiger partial charge in [-0.1, -0.05) is 22.9 Å². The van der Waals surface area contributed by atoms with E-state index in [4.69, 9.17) is 4.74 Å². The van der Waals surface area contributed by atoms with Crippen LogP contribution in [0.4, 0.5) is 0 Å². The summed E-state index contributed by atoms with van der Waals surface area (Å²) in [5.41, 5.74) is 0.304. The van der Waals surface area contributed by atoms with Crippen molar-refractivity contribution in [3.8, 4) is 5.75 Å². The lowest BCUT2D eigenvalue weighted by atomic mass is 10.1. The first kappa shape index (κ1) is 11.9. The molecule has 0 saturated carbocycles. The monoisotopic (exact) mass is 270 g/mol. The molecule has 0 radical (unpaired) electrons. The average molecular weight is 271 g/mol. The van der Waals surface area contributed by atoms with Crippen molar-refractivity contribution in [2.75, 3.05) is 7.11 Å². The Kier molecular flexibility index (Phi) is 4.03. The predicted molar refractivity (Wildman–Crippen MR) is 60.3 cm³/mol. The van der Waals surface area contributed by atoms with Crippen LogP contribution in [0.25, 0.3) is 0 Å². The van der Waals surface area contributed by atoms with Crippen LogP contribution in [0.2, 0.25) is 0 Å². The third-order valence-corrected chi connectivity index (χ3v) is 2.47. The molecule has 0 saturated heterocycles. The summed E-state index contributed by atoms with van der Waals surface area (Å²) in [4.78, 5) is 22.9. The largest absolute Gasteiger partial charge is 0.496 e. The number of carbonyl (C=O) groups excluding carboxylic acids is 2. The Labute approximate surface area is 96.6 Å². The molecule has 0 aliphatic carbocycles. The first-order valence-electron chi connectivity index (χ1n) is 4.51. The lowest BCUT2D eigenvalue weighted by Gasteiger charge is -2.06. The number of methoxy groups -OCH3 is 1. The van der Waals surface area contributed by atoms with Gasteiger partial charge in [-0.25, -0.2) is 0 Å². The van der Waals surface area contributed by atoms with Crippen LogP contribution >= 0.6 is 15.9 Å². The number of benzene rings is 1. The van der Waals surface area contributed by atoms with Crippen LogP contribution < -0.4 is 4.74 Å². The number of hydrogen-bond acceptors (Lipinski definition) is 3. The molecule has 0 N–H and O–H groups in total. The molecule has 0 aliphatic heterocycles. The zero-order chi connectivity index (χ0) is 11.4. The van der Waals surface area contributed by atoms with Gasteiger partial charge in [-0.15, -0.1) is 0 Å². The molecule has 0 unspecified atom stereocenters. The fourth-order valence-corrected chi connectivity index (χ4v) is 1.53. The first-order valence-corrected chi connectivity index (χ1v) is 5.30. The predicted octanol–water partition coefficient (Wildman–Crippen LogP) is 2.62. The molecule has 1 aromatic rings. The number of ketones is 2. The molecular formula is C11H11BrO3. The molecule has 0 aliphatic rings. The lowest BCUT2D eigenvalue weighted by Crippen LogP contribution is -2.13. The van der Waals surface area contributed by atoms with Crippen LogP contribution in [0.1, 0.15) is 23.7 Å². The van der Waals surface area contributed by atoms with E-state index in [2.05, 4.69) is 15.9 Å². The summed E-state index contributed by atoms with van der Waals surface area (Å²) in [6.07, 6.45) is 0.203. The number of carbonyl (C=O) groups is 2. The Hall–Kier alpha value is -1.16. The summed E-state index contributed by atoms with van der Waals surface area (Å²) in [5, 5.41) is 0. The quantitative estimate of drug-likeness (QED) is 0.624. The van der Waals surface area contributed by atoms with Crippen LogP contribution in [-0.2, 0) is 4.79 Å². The SMILES string of the molecule is CCC(=O)C(=O)c1cc(Br)ccc1OC. The maximum Gasteiger partial charge on any atom is 0.232 e. The zero-order valence-corrected chi connectivity index (χ0v) is 10.1. The molecule has 1 rings (SSSR count). The van der Waals surface area contributed by atoms with Gasteiger partial charge in [0, 0.05) is 10.9 Å². The molecule has 1 aromatic carbocycles. The second kappa shape index (κ2) is 5.07. The average Bonchev–Trinajstić information content (AvgIpc) is 2.27. The number of hydrogen-bond donors (Lipinski definition) is 0. The van der Waals surface area contributed by atoms with Crippen molar-refractivity contribution in [2.45, 2.75) is 13.3 Å². The van der Waals surface area contributed by atoms with E-state index in [1.54, 1.807) is 25.1 Å². The maximum atomic E-state index is 11.7. The number of rotatable bonds is 4. The van der Waals surface area contributed by atoms with Crippen molar-refractivity contribution >= 4 is 27.5 Å². The zero-order valence-electron chi connectivity index (χ0n) is 8.54. The summed E-state index contributed by atoms with van der Waals surface area (Å²) >= 11 is 3.25. The summed E-state index contributed by atoms with van der Waals surface area (Å²) in [6.45, 7) is 1.66. The topological polar surface area (TPSA) is 43.4 Å². The molecule has 3 nitrogen and oxygen atoms in total. The van der Waals surface area contributed by atoms with Crippen LogP contribution in [0.5, 0.6) is 5.75 Å². The third-order valence-electron chi connectivity index (χ3n) is 1.98. The van der Waals surface area contributed by atoms with E-state index in [9.17, 15) is 9.59 Å². The van der Waals surface area contributed by atoms with E-state index in [-0.39, 0.29) is 6.42 Å². The van der Waals surface area contributed by atoms with Crippen molar-refractivity contribution in [3.05, 3.63) is 28.2 Å². The van der Waals surface area contributed by atoms with Gasteiger partial charge in [0.25, 0.3) is 0 Å². The minimum Gasteiger partial charge on any atom is -0.496 e. The molecule has 4 heteroatoms. The van der Waals surface area contributed by atoms with E-state index in [0.29, 0.717) is 11.3 Å². The second-order valence-electron chi connectivity index (χ2n) is 2.95. The van der Waals surface area contributed by atoms with E-state index < -0.39 is 11.6 Å². The Morgan fingerprint density at radius 3 is 2.60 bits per heavy atom. The van der Waals surface area contributed by atoms with Gasteiger partial charge >= 0.3 is 0 Å². The molecule has 0 aromatic heterocycles. The standard InChI is InChI=1S/C11H11BrO3/c1-3-9(13)11(14)8-6-7(12)4-5-10(8)15-2/h4-6H,3H2,1-2H3. The number of halogens is 1. The molecule has 0 spiro atoms. The summed E-state index contributed by atoms with van der Waals surface area (Å²) in [6, 6.07) is 5.00. The van der Waals surface area contributed by atoms with Gasteiger partial charge in [-0.2, -0.15) is 0 Å². The summed E-state index contributed by atoms with van der Waals surface area (Å²) in [5.74, 6) is -0.493. The Balaban J connectivity index is 3.17. The van der Waals surface area contributed by atoms with Gasteiger partial charge in [0.05, 0.1) is 12.7 Å². The van der Waals surface area contributed by atoms with Crippen LogP contribution in [0, 0.1) is 0 Å². The van der Waals surface area contributed by atoms with E-state index in [1.165, 1.54) is 7.11 Å². The van der Waals surface area contributed by atoms with E-state index >= 15 is 0 Å². The van der Waals surface area contributed by atoms with Gasteiger partial charge in [-0.05, 0) is 18.2 Å². The Bertz CT molecular complexity index is 399. The van der Waals surface area contributed by atoms with Crippen molar-refractivity contribution in [1.29, 1.82) is 0 Å². The summed E-state index contributed by atoms with van der Waals surface area (Å²) < 4.78 is 5.77. The van der Waals surface area contributed by atoms with Crippen molar-refractivity contribution in [3.63, 3.8) is 0 Å². The highest BCUT2D eigenvalue weighted by atomic mass is 79.9. The molecule has 0 fully saturated rings. The molecule has 80 valence electrons. The van der Waals surface area contributed by atoms with E-state index in [1.807, 2.05) is 0 Å². The Morgan fingerprint density at radius 2 is 2.07 bits per heavy atom.